The van der Waals surface area contributed by atoms with Crippen molar-refractivity contribution in [3.63, 3.8) is 0 Å². The van der Waals surface area contributed by atoms with Crippen LogP contribution in [0.25, 0.3) is 0 Å². The number of anilines is 1. The molecule has 0 atom stereocenters. The highest BCUT2D eigenvalue weighted by Crippen LogP contribution is 2.19. The molecule has 0 aliphatic carbocycles. The molecule has 8 heteroatoms. The Balaban J connectivity index is 2.38. The summed E-state index contributed by atoms with van der Waals surface area (Å²) in [5.41, 5.74) is 7.92. The first-order valence-electron chi connectivity index (χ1n) is 5.62. The fourth-order valence-electron chi connectivity index (χ4n) is 1.71. The highest BCUT2D eigenvalue weighted by atomic mass is 32.2. The Labute approximate surface area is 111 Å². The molecular formula is C11H15N5O2S. The summed E-state index contributed by atoms with van der Waals surface area (Å²) in [6.07, 6.45) is 3.08. The van der Waals surface area contributed by atoms with E-state index in [1.807, 2.05) is 6.92 Å². The summed E-state index contributed by atoms with van der Waals surface area (Å²) in [7, 11) is -3.76. The van der Waals surface area contributed by atoms with Gasteiger partial charge in [-0.3, -0.25) is 14.8 Å². The molecule has 0 aliphatic rings. The van der Waals surface area contributed by atoms with Gasteiger partial charge in [0.15, 0.2) is 0 Å². The average molecular weight is 281 g/mol. The van der Waals surface area contributed by atoms with Crippen LogP contribution >= 0.6 is 0 Å². The lowest BCUT2D eigenvalue weighted by molar-refractivity contribution is 0.596. The molecule has 0 amide bonds. The number of nitrogens with one attached hydrogen (secondary N) is 2. The van der Waals surface area contributed by atoms with Crippen LogP contribution in [0.5, 0.6) is 0 Å². The van der Waals surface area contributed by atoms with E-state index in [0.717, 1.165) is 5.56 Å². The Bertz CT molecular complexity index is 693. The number of hydrogen-bond acceptors (Lipinski definition) is 5. The Hall–Kier alpha value is -1.93. The molecule has 2 rings (SSSR count). The molecule has 102 valence electrons. The highest BCUT2D eigenvalue weighted by molar-refractivity contribution is 7.92. The van der Waals surface area contributed by atoms with Gasteiger partial charge in [-0.2, -0.15) is 13.5 Å². The molecular weight excluding hydrogens is 266 g/mol. The van der Waals surface area contributed by atoms with Crippen molar-refractivity contribution in [2.45, 2.75) is 25.4 Å². The van der Waals surface area contributed by atoms with Crippen LogP contribution in [0.3, 0.4) is 0 Å². The van der Waals surface area contributed by atoms with Crippen LogP contribution in [-0.2, 0) is 16.6 Å². The number of aryl methyl sites for hydroxylation is 2. The predicted molar refractivity (Wildman–Crippen MR) is 71.0 cm³/mol. The number of aromatic amines is 1. The van der Waals surface area contributed by atoms with Crippen LogP contribution in [0.4, 0.5) is 5.69 Å². The summed E-state index contributed by atoms with van der Waals surface area (Å²) in [6.45, 7) is 3.65. The van der Waals surface area contributed by atoms with Gasteiger partial charge in [-0.25, -0.2) is 0 Å². The normalized spacial score (nSPS) is 11.5. The van der Waals surface area contributed by atoms with Crippen molar-refractivity contribution in [3.05, 3.63) is 35.3 Å². The Morgan fingerprint density at radius 1 is 1.37 bits per heavy atom. The number of nitrogens with zero attached hydrogens (tertiary/aromatic N) is 2. The van der Waals surface area contributed by atoms with Gasteiger partial charge in [0.25, 0.3) is 10.0 Å². The van der Waals surface area contributed by atoms with Gasteiger partial charge in [-0.1, -0.05) is 0 Å². The zero-order valence-electron chi connectivity index (χ0n) is 10.6. The molecule has 0 fully saturated rings. The zero-order valence-corrected chi connectivity index (χ0v) is 11.5. The zero-order chi connectivity index (χ0) is 14.0. The maximum absolute atomic E-state index is 12.2. The van der Waals surface area contributed by atoms with Gasteiger partial charge in [0, 0.05) is 24.0 Å². The first kappa shape index (κ1) is 13.5. The summed E-state index contributed by atoms with van der Waals surface area (Å²) in [5, 5.41) is 6.35. The fourth-order valence-corrected chi connectivity index (χ4v) is 2.95. The SMILES string of the molecule is Cc1cncc(NS(=O)(=O)c2n[nH]c(C)c2CN)c1. The van der Waals surface area contributed by atoms with Crippen LogP contribution in [0.1, 0.15) is 16.8 Å². The highest BCUT2D eigenvalue weighted by Gasteiger charge is 2.23. The minimum atomic E-state index is -3.76. The second kappa shape index (κ2) is 4.98. The van der Waals surface area contributed by atoms with Gasteiger partial charge in [0.2, 0.25) is 5.03 Å². The van der Waals surface area contributed by atoms with Crippen LogP contribution in [0.2, 0.25) is 0 Å². The third-order valence-electron chi connectivity index (χ3n) is 2.62. The third-order valence-corrected chi connectivity index (χ3v) is 3.97. The standard InChI is InChI=1S/C11H15N5O2S/c1-7-3-9(6-13-5-7)16-19(17,18)11-10(4-12)8(2)14-15-11/h3,5-6,16H,4,12H2,1-2H3,(H,14,15). The van der Waals surface area contributed by atoms with Crippen molar-refractivity contribution in [1.29, 1.82) is 0 Å². The van der Waals surface area contributed by atoms with E-state index in [2.05, 4.69) is 19.9 Å². The molecule has 0 radical (unpaired) electrons. The summed E-state index contributed by atoms with van der Waals surface area (Å²) >= 11 is 0. The first-order valence-corrected chi connectivity index (χ1v) is 7.10. The summed E-state index contributed by atoms with van der Waals surface area (Å²) < 4.78 is 26.9. The van der Waals surface area contributed by atoms with Crippen molar-refractivity contribution in [2.75, 3.05) is 4.72 Å². The summed E-state index contributed by atoms with van der Waals surface area (Å²) in [6, 6.07) is 1.69. The average Bonchev–Trinajstić information content (AvgIpc) is 2.70. The lowest BCUT2D eigenvalue weighted by atomic mass is 10.3. The molecule has 4 N–H and O–H groups in total. The smallest absolute Gasteiger partial charge is 0.281 e. The minimum Gasteiger partial charge on any atom is -0.326 e. The van der Waals surface area contributed by atoms with Gasteiger partial charge in [0.05, 0.1) is 11.9 Å². The lowest BCUT2D eigenvalue weighted by Gasteiger charge is -2.07. The van der Waals surface area contributed by atoms with E-state index in [1.165, 1.54) is 6.20 Å². The second-order valence-electron chi connectivity index (χ2n) is 4.19. The van der Waals surface area contributed by atoms with E-state index in [9.17, 15) is 8.42 Å². The first-order chi connectivity index (χ1) is 8.94. The van der Waals surface area contributed by atoms with Gasteiger partial charge in [0.1, 0.15) is 0 Å². The van der Waals surface area contributed by atoms with Gasteiger partial charge < -0.3 is 5.73 Å². The van der Waals surface area contributed by atoms with Crippen LogP contribution in [0.15, 0.2) is 23.5 Å². The van der Waals surface area contributed by atoms with Crippen molar-refractivity contribution in [3.8, 4) is 0 Å². The van der Waals surface area contributed by atoms with Crippen molar-refractivity contribution < 1.29 is 8.42 Å². The maximum Gasteiger partial charge on any atom is 0.281 e. The molecule has 0 bridgehead atoms. The van der Waals surface area contributed by atoms with E-state index in [0.29, 0.717) is 16.9 Å². The number of aromatic nitrogens is 3. The summed E-state index contributed by atoms with van der Waals surface area (Å²) in [4.78, 5) is 3.93. The topological polar surface area (TPSA) is 114 Å². The van der Waals surface area contributed by atoms with Crippen molar-refractivity contribution in [2.24, 2.45) is 5.73 Å². The molecule has 0 spiro atoms. The van der Waals surface area contributed by atoms with E-state index < -0.39 is 10.0 Å². The Kier molecular flexibility index (Phi) is 3.54. The number of nitrogens with two attached hydrogens (primary N) is 1. The van der Waals surface area contributed by atoms with Crippen molar-refractivity contribution in [1.82, 2.24) is 15.2 Å². The van der Waals surface area contributed by atoms with Gasteiger partial charge in [-0.05, 0) is 25.5 Å². The third kappa shape index (κ3) is 2.74. The quantitative estimate of drug-likeness (QED) is 0.762. The van der Waals surface area contributed by atoms with Crippen LogP contribution < -0.4 is 10.5 Å². The van der Waals surface area contributed by atoms with Crippen molar-refractivity contribution >= 4 is 15.7 Å². The minimum absolute atomic E-state index is 0.0750. The maximum atomic E-state index is 12.2. The Morgan fingerprint density at radius 3 is 2.74 bits per heavy atom. The molecule has 19 heavy (non-hydrogen) atoms. The molecule has 0 aliphatic heterocycles. The molecule has 0 unspecified atom stereocenters. The molecule has 2 heterocycles. The lowest BCUT2D eigenvalue weighted by Crippen LogP contribution is -2.16. The molecule has 0 saturated heterocycles. The predicted octanol–water partition coefficient (Wildman–Crippen LogP) is 0.681. The fraction of sp³-hybridized carbons (Fsp3) is 0.273. The van der Waals surface area contributed by atoms with E-state index >= 15 is 0 Å². The number of rotatable bonds is 4. The van der Waals surface area contributed by atoms with E-state index in [-0.39, 0.29) is 11.6 Å². The van der Waals surface area contributed by atoms with Crippen LogP contribution in [-0.4, -0.2) is 23.6 Å². The summed E-state index contributed by atoms with van der Waals surface area (Å²) in [5.74, 6) is 0. The number of hydrogen-bond donors (Lipinski definition) is 3. The molecule has 2 aromatic rings. The van der Waals surface area contributed by atoms with Gasteiger partial charge in [-0.15, -0.1) is 0 Å². The van der Waals surface area contributed by atoms with Crippen LogP contribution in [0, 0.1) is 13.8 Å². The monoisotopic (exact) mass is 281 g/mol. The Morgan fingerprint density at radius 2 is 2.11 bits per heavy atom. The molecule has 7 nitrogen and oxygen atoms in total. The number of pyridine rings is 1. The number of sulfonamides is 1. The molecule has 2 aromatic heterocycles. The van der Waals surface area contributed by atoms with E-state index in [4.69, 9.17) is 5.73 Å². The van der Waals surface area contributed by atoms with E-state index in [1.54, 1.807) is 19.2 Å². The van der Waals surface area contributed by atoms with Gasteiger partial charge >= 0.3 is 0 Å². The second-order valence-corrected chi connectivity index (χ2v) is 5.79. The molecule has 0 aromatic carbocycles. The molecule has 0 saturated carbocycles. The number of H-pyrrole nitrogens is 1. The largest absolute Gasteiger partial charge is 0.326 e.